The summed E-state index contributed by atoms with van der Waals surface area (Å²) in [5, 5.41) is 4.13. The predicted molar refractivity (Wildman–Crippen MR) is 131 cm³/mol. The van der Waals surface area contributed by atoms with Crippen LogP contribution in [0.25, 0.3) is 17.2 Å². The van der Waals surface area contributed by atoms with Gasteiger partial charge in [0.15, 0.2) is 5.78 Å². The van der Waals surface area contributed by atoms with Crippen molar-refractivity contribution in [2.24, 2.45) is 7.05 Å². The van der Waals surface area contributed by atoms with E-state index in [-0.39, 0.29) is 5.78 Å². The third kappa shape index (κ3) is 5.21. The molecule has 0 spiro atoms. The second-order valence-corrected chi connectivity index (χ2v) is 7.72. The van der Waals surface area contributed by atoms with E-state index in [1.54, 1.807) is 30.1 Å². The van der Waals surface area contributed by atoms with Crippen LogP contribution in [0, 0.1) is 6.92 Å². The molecule has 0 saturated heterocycles. The lowest BCUT2D eigenvalue weighted by Gasteiger charge is -2.12. The summed E-state index contributed by atoms with van der Waals surface area (Å²) in [5.74, 6) is 1.44. The van der Waals surface area contributed by atoms with Gasteiger partial charge in [-0.2, -0.15) is 5.10 Å². The fraction of sp³-hybridized carbons (Fsp3) is 0.143. The molecule has 0 amide bonds. The first-order valence-corrected chi connectivity index (χ1v) is 10.7. The molecule has 0 N–H and O–H groups in total. The fourth-order valence-corrected chi connectivity index (χ4v) is 3.55. The van der Waals surface area contributed by atoms with Crippen LogP contribution in [-0.4, -0.2) is 22.7 Å². The monoisotopic (exact) mass is 438 g/mol. The van der Waals surface area contributed by atoms with Crippen LogP contribution in [0.15, 0.2) is 85.1 Å². The lowest BCUT2D eigenvalue weighted by molar-refractivity contribution is 0.104. The maximum Gasteiger partial charge on any atom is 0.189 e. The maximum atomic E-state index is 12.5. The topological polar surface area (TPSA) is 53.3 Å². The zero-order chi connectivity index (χ0) is 23.2. The molecule has 0 aliphatic carbocycles. The van der Waals surface area contributed by atoms with Gasteiger partial charge in [-0.15, -0.1) is 0 Å². The molecule has 0 saturated carbocycles. The Morgan fingerprint density at radius 3 is 2.39 bits per heavy atom. The Morgan fingerprint density at radius 2 is 1.73 bits per heavy atom. The van der Waals surface area contributed by atoms with Gasteiger partial charge in [-0.05, 0) is 54.0 Å². The molecule has 0 aliphatic rings. The number of carbonyl (C=O) groups is 1. The van der Waals surface area contributed by atoms with Crippen LogP contribution in [0.5, 0.6) is 11.5 Å². The average Bonchev–Trinajstić information content (AvgIpc) is 3.20. The zero-order valence-electron chi connectivity index (χ0n) is 19.0. The summed E-state index contributed by atoms with van der Waals surface area (Å²) in [6.07, 6.45) is 4.96. The number of hydrogen-bond acceptors (Lipinski definition) is 4. The van der Waals surface area contributed by atoms with Crippen LogP contribution in [0.4, 0.5) is 0 Å². The van der Waals surface area contributed by atoms with Crippen molar-refractivity contribution in [2.45, 2.75) is 13.5 Å². The molecule has 33 heavy (non-hydrogen) atoms. The van der Waals surface area contributed by atoms with E-state index in [0.717, 1.165) is 33.9 Å². The molecule has 5 heteroatoms. The van der Waals surface area contributed by atoms with Gasteiger partial charge >= 0.3 is 0 Å². The number of ketones is 1. The predicted octanol–water partition coefficient (Wildman–Crippen LogP) is 5.88. The minimum Gasteiger partial charge on any atom is -0.496 e. The molecule has 5 nitrogen and oxygen atoms in total. The molecule has 0 atom stereocenters. The molecule has 0 fully saturated rings. The lowest BCUT2D eigenvalue weighted by atomic mass is 10.1. The molecule has 166 valence electrons. The minimum atomic E-state index is -0.0762. The Balaban J connectivity index is 1.46. The van der Waals surface area contributed by atoms with Crippen LogP contribution >= 0.6 is 0 Å². The van der Waals surface area contributed by atoms with Gasteiger partial charge in [0.1, 0.15) is 18.1 Å². The summed E-state index contributed by atoms with van der Waals surface area (Å²) < 4.78 is 13.2. The Morgan fingerprint density at radius 1 is 1.00 bits per heavy atom. The zero-order valence-corrected chi connectivity index (χ0v) is 19.0. The van der Waals surface area contributed by atoms with Crippen LogP contribution in [0.3, 0.4) is 0 Å². The summed E-state index contributed by atoms with van der Waals surface area (Å²) in [6, 6.07) is 24.0. The van der Waals surface area contributed by atoms with E-state index in [4.69, 9.17) is 9.47 Å². The van der Waals surface area contributed by atoms with E-state index in [2.05, 4.69) is 17.2 Å². The number of ether oxygens (including phenoxy) is 2. The highest BCUT2D eigenvalue weighted by Crippen LogP contribution is 2.25. The summed E-state index contributed by atoms with van der Waals surface area (Å²) >= 11 is 0. The molecule has 0 unspecified atom stereocenters. The largest absolute Gasteiger partial charge is 0.496 e. The average molecular weight is 439 g/mol. The minimum absolute atomic E-state index is 0.0762. The third-order valence-corrected chi connectivity index (χ3v) is 5.59. The number of nitrogens with zero attached hydrogens (tertiary/aromatic N) is 2. The van der Waals surface area contributed by atoms with Crippen molar-refractivity contribution in [3.8, 4) is 22.6 Å². The Labute approximate surface area is 193 Å². The molecule has 4 aromatic rings. The number of carbonyl (C=O) groups excluding carboxylic acids is 1. The molecular weight excluding hydrogens is 412 g/mol. The van der Waals surface area contributed by atoms with Crippen LogP contribution in [-0.2, 0) is 13.7 Å². The van der Waals surface area contributed by atoms with Crippen LogP contribution in [0.2, 0.25) is 0 Å². The van der Waals surface area contributed by atoms with E-state index in [1.165, 1.54) is 5.56 Å². The number of methoxy groups -OCH3 is 1. The van der Waals surface area contributed by atoms with Crippen molar-refractivity contribution in [1.29, 1.82) is 0 Å². The number of hydrogen-bond donors (Lipinski definition) is 0. The normalized spacial score (nSPS) is 11.0. The van der Waals surface area contributed by atoms with Gasteiger partial charge in [-0.1, -0.05) is 54.6 Å². The van der Waals surface area contributed by atoms with Gasteiger partial charge in [0, 0.05) is 18.3 Å². The second-order valence-electron chi connectivity index (χ2n) is 7.72. The van der Waals surface area contributed by atoms with Gasteiger partial charge < -0.3 is 9.47 Å². The molecule has 0 aliphatic heterocycles. The van der Waals surface area contributed by atoms with Crippen LogP contribution in [0.1, 0.15) is 27.2 Å². The van der Waals surface area contributed by atoms with E-state index < -0.39 is 0 Å². The maximum absolute atomic E-state index is 12.5. The van der Waals surface area contributed by atoms with E-state index in [0.29, 0.717) is 12.2 Å². The lowest BCUT2D eigenvalue weighted by Crippen LogP contribution is -2.00. The van der Waals surface area contributed by atoms with Gasteiger partial charge in [0.05, 0.1) is 18.9 Å². The number of aryl methyl sites for hydroxylation is 1. The summed E-state index contributed by atoms with van der Waals surface area (Å²) in [5.41, 5.74) is 5.54. The van der Waals surface area contributed by atoms with Crippen molar-refractivity contribution in [2.75, 3.05) is 7.11 Å². The molecule has 1 aromatic heterocycles. The third-order valence-electron chi connectivity index (χ3n) is 5.59. The van der Waals surface area contributed by atoms with E-state index >= 15 is 0 Å². The van der Waals surface area contributed by atoms with E-state index in [9.17, 15) is 4.79 Å². The van der Waals surface area contributed by atoms with Gasteiger partial charge in [0.2, 0.25) is 0 Å². The van der Waals surface area contributed by atoms with Crippen molar-refractivity contribution in [3.63, 3.8) is 0 Å². The van der Waals surface area contributed by atoms with Gasteiger partial charge in [-0.25, -0.2) is 0 Å². The first-order chi connectivity index (χ1) is 16.0. The molecule has 0 bridgehead atoms. The second kappa shape index (κ2) is 10.0. The number of allylic oxidation sites excluding steroid dienone is 1. The van der Waals surface area contributed by atoms with Crippen molar-refractivity contribution in [3.05, 3.63) is 107 Å². The first-order valence-electron chi connectivity index (χ1n) is 10.7. The van der Waals surface area contributed by atoms with Crippen molar-refractivity contribution in [1.82, 2.24) is 9.78 Å². The Kier molecular flexibility index (Phi) is 6.69. The summed E-state index contributed by atoms with van der Waals surface area (Å²) in [6.45, 7) is 2.23. The summed E-state index contributed by atoms with van der Waals surface area (Å²) in [7, 11) is 3.46. The SMILES string of the molecule is COc1ccc(/C=C/C(=O)c2cnn(C)c2C)cc1COc1ccc(-c2ccccc2)cc1. The van der Waals surface area contributed by atoms with Crippen molar-refractivity contribution < 1.29 is 14.3 Å². The standard InChI is InChI=1S/C28H26N2O3/c1-20-26(18-29-30(20)2)27(31)15-9-21-10-16-28(32-3)24(17-21)19-33-25-13-11-23(12-14-25)22-7-5-4-6-8-22/h4-18H,19H2,1-3H3/b15-9+. The van der Waals surface area contributed by atoms with Gasteiger partial charge in [0.25, 0.3) is 0 Å². The number of benzene rings is 3. The molecular formula is C28H26N2O3. The molecule has 1 heterocycles. The highest BCUT2D eigenvalue weighted by Gasteiger charge is 2.10. The highest BCUT2D eigenvalue weighted by molar-refractivity contribution is 6.07. The fourth-order valence-electron chi connectivity index (χ4n) is 3.55. The number of aromatic nitrogens is 2. The molecule has 3 aromatic carbocycles. The number of rotatable bonds is 8. The van der Waals surface area contributed by atoms with Gasteiger partial charge in [-0.3, -0.25) is 9.48 Å². The highest BCUT2D eigenvalue weighted by atomic mass is 16.5. The first kappa shape index (κ1) is 22.1. The van der Waals surface area contributed by atoms with Crippen LogP contribution < -0.4 is 9.47 Å². The Hall–Kier alpha value is -4.12. The molecule has 4 rings (SSSR count). The van der Waals surface area contributed by atoms with Crippen molar-refractivity contribution >= 4 is 11.9 Å². The smallest absolute Gasteiger partial charge is 0.189 e. The van der Waals surface area contributed by atoms with E-state index in [1.807, 2.05) is 74.6 Å². The quantitative estimate of drug-likeness (QED) is 0.255. The Bertz CT molecular complexity index is 1270. The molecule has 0 radical (unpaired) electrons. The summed E-state index contributed by atoms with van der Waals surface area (Å²) in [4.78, 5) is 12.5.